The van der Waals surface area contributed by atoms with E-state index >= 15 is 0 Å². The summed E-state index contributed by atoms with van der Waals surface area (Å²) in [6, 6.07) is 82.2. The largest absolute Gasteiger partial charge is 0.405 e. The fourth-order valence-electron chi connectivity index (χ4n) is 9.43. The molecule has 0 fully saturated rings. The molecule has 0 aliphatic rings. The maximum Gasteiger partial charge on any atom is 0.261 e. The van der Waals surface area contributed by atoms with Crippen LogP contribution in [-0.2, 0) is 48.8 Å². The van der Waals surface area contributed by atoms with Gasteiger partial charge in [-0.25, -0.2) is 0 Å². The van der Waals surface area contributed by atoms with Gasteiger partial charge in [-0.2, -0.15) is 0 Å². The summed E-state index contributed by atoms with van der Waals surface area (Å²) in [5.41, 5.74) is 4.61. The van der Waals surface area contributed by atoms with E-state index in [0.29, 0.717) is 0 Å². The van der Waals surface area contributed by atoms with E-state index in [4.69, 9.17) is 23.4 Å². The molecule has 0 unspecified atom stereocenters. The van der Waals surface area contributed by atoms with E-state index in [1.165, 1.54) is 0 Å². The standard InChI is InChI=1S/C62H64O6Si/c1-61(2,3)69(55-40-24-10-25-41-55,56-42-26-11-27-43-56)68-48-58(64-44-49-28-12-4-13-29-49)60(66-46-51-32-16-6-17-33-51)59(65-45-50-30-14-5-15-31-50)57(63)47-67-62(52-34-18-7-19-35-52,53-36-20-8-21-37-53)54-38-22-9-23-39-54/h4-43,57-60,63H,44-48H2,1-3H3/t57-,58+,59-,60-/m1/s1. The molecular weight excluding hydrogens is 869 g/mol. The Morgan fingerprint density at radius 2 is 0.710 bits per heavy atom. The Balaban J connectivity index is 1.25. The fraction of sp³-hybridized carbons (Fsp3) is 0.226. The van der Waals surface area contributed by atoms with Crippen molar-refractivity contribution in [2.24, 2.45) is 0 Å². The molecule has 0 spiro atoms. The third-order valence-electron chi connectivity index (χ3n) is 12.8. The van der Waals surface area contributed by atoms with Gasteiger partial charge in [-0.1, -0.05) is 263 Å². The molecule has 0 saturated heterocycles. The summed E-state index contributed by atoms with van der Waals surface area (Å²) >= 11 is 0. The second-order valence-corrected chi connectivity index (χ2v) is 22.8. The van der Waals surface area contributed by atoms with Crippen LogP contribution in [0.4, 0.5) is 0 Å². The quantitative estimate of drug-likeness (QED) is 0.0509. The summed E-state index contributed by atoms with van der Waals surface area (Å²) in [4.78, 5) is 0. The Kier molecular flexibility index (Phi) is 17.0. The van der Waals surface area contributed by atoms with Crippen molar-refractivity contribution in [1.82, 2.24) is 0 Å². The lowest BCUT2D eigenvalue weighted by Gasteiger charge is -2.45. The molecule has 0 amide bonds. The highest BCUT2D eigenvalue weighted by Gasteiger charge is 2.51. The van der Waals surface area contributed by atoms with Crippen molar-refractivity contribution >= 4 is 18.7 Å². The predicted octanol–water partition coefficient (Wildman–Crippen LogP) is 11.7. The lowest BCUT2D eigenvalue weighted by molar-refractivity contribution is -0.196. The first-order chi connectivity index (χ1) is 33.8. The number of aliphatic hydroxyl groups is 1. The van der Waals surface area contributed by atoms with Crippen LogP contribution in [0, 0.1) is 0 Å². The first kappa shape index (κ1) is 49.2. The van der Waals surface area contributed by atoms with E-state index in [9.17, 15) is 5.11 Å². The average Bonchev–Trinajstić information content (AvgIpc) is 3.40. The molecule has 7 heteroatoms. The van der Waals surface area contributed by atoms with Gasteiger partial charge in [0.1, 0.15) is 30.0 Å². The number of ether oxygens (including phenoxy) is 4. The molecule has 0 saturated carbocycles. The molecule has 1 N–H and O–H groups in total. The Morgan fingerprint density at radius 3 is 1.07 bits per heavy atom. The zero-order chi connectivity index (χ0) is 47.8. The zero-order valence-electron chi connectivity index (χ0n) is 39.9. The molecule has 8 aromatic rings. The van der Waals surface area contributed by atoms with E-state index in [0.717, 1.165) is 43.8 Å². The summed E-state index contributed by atoms with van der Waals surface area (Å²) < 4.78 is 36.4. The van der Waals surface area contributed by atoms with Gasteiger partial charge in [-0.05, 0) is 48.8 Å². The van der Waals surface area contributed by atoms with Crippen molar-refractivity contribution < 1.29 is 28.5 Å². The van der Waals surface area contributed by atoms with E-state index < -0.39 is 38.3 Å². The Labute approximate surface area is 410 Å². The van der Waals surface area contributed by atoms with Crippen LogP contribution < -0.4 is 10.4 Å². The van der Waals surface area contributed by atoms with Gasteiger partial charge in [0, 0.05) is 0 Å². The minimum atomic E-state index is -3.10. The van der Waals surface area contributed by atoms with Crippen LogP contribution in [0.15, 0.2) is 243 Å². The van der Waals surface area contributed by atoms with Gasteiger partial charge in [0.25, 0.3) is 8.32 Å². The Morgan fingerprint density at radius 1 is 0.391 bits per heavy atom. The first-order valence-electron chi connectivity index (χ1n) is 24.0. The van der Waals surface area contributed by atoms with Crippen molar-refractivity contribution in [3.05, 3.63) is 276 Å². The second kappa shape index (κ2) is 23.8. The molecule has 0 heterocycles. The maximum atomic E-state index is 13.1. The molecule has 8 aromatic carbocycles. The van der Waals surface area contributed by atoms with Crippen LogP contribution in [-0.4, -0.2) is 51.1 Å². The van der Waals surface area contributed by atoms with E-state index in [1.54, 1.807) is 0 Å². The molecule has 69 heavy (non-hydrogen) atoms. The maximum absolute atomic E-state index is 13.1. The Bertz CT molecular complexity index is 2530. The molecule has 6 nitrogen and oxygen atoms in total. The third kappa shape index (κ3) is 12.0. The van der Waals surface area contributed by atoms with Crippen molar-refractivity contribution in [3.63, 3.8) is 0 Å². The van der Waals surface area contributed by atoms with Crippen LogP contribution in [0.2, 0.25) is 5.04 Å². The van der Waals surface area contributed by atoms with E-state index in [2.05, 4.69) is 130 Å². The first-order valence-corrected chi connectivity index (χ1v) is 25.9. The lowest BCUT2D eigenvalue weighted by Crippen LogP contribution is -2.67. The minimum Gasteiger partial charge on any atom is -0.405 e. The van der Waals surface area contributed by atoms with Crippen molar-refractivity contribution in [3.8, 4) is 0 Å². The molecule has 0 aliphatic carbocycles. The van der Waals surface area contributed by atoms with Crippen LogP contribution >= 0.6 is 0 Å². The minimum absolute atomic E-state index is 0.121. The van der Waals surface area contributed by atoms with Crippen molar-refractivity contribution in [2.45, 2.75) is 75.6 Å². The monoisotopic (exact) mass is 932 g/mol. The van der Waals surface area contributed by atoms with Gasteiger partial charge in [-0.3, -0.25) is 0 Å². The smallest absolute Gasteiger partial charge is 0.261 e. The van der Waals surface area contributed by atoms with Crippen LogP contribution in [0.1, 0.15) is 54.2 Å². The van der Waals surface area contributed by atoms with Crippen molar-refractivity contribution in [2.75, 3.05) is 13.2 Å². The van der Waals surface area contributed by atoms with Crippen LogP contribution in [0.25, 0.3) is 0 Å². The normalized spacial score (nSPS) is 13.9. The fourth-order valence-corrected chi connectivity index (χ4v) is 14.0. The predicted molar refractivity (Wildman–Crippen MR) is 280 cm³/mol. The molecule has 0 radical (unpaired) electrons. The van der Waals surface area contributed by atoms with Gasteiger partial charge in [0.15, 0.2) is 0 Å². The number of hydrogen-bond donors (Lipinski definition) is 1. The summed E-state index contributed by atoms with van der Waals surface area (Å²) in [5.74, 6) is 0. The van der Waals surface area contributed by atoms with Crippen molar-refractivity contribution in [1.29, 1.82) is 0 Å². The molecular formula is C62H64O6Si. The summed E-state index contributed by atoms with van der Waals surface area (Å²) in [7, 11) is -3.10. The van der Waals surface area contributed by atoms with Gasteiger partial charge in [0.05, 0.1) is 33.0 Å². The van der Waals surface area contributed by atoms with E-state index in [-0.39, 0.29) is 38.1 Å². The highest BCUT2D eigenvalue weighted by Crippen LogP contribution is 2.41. The van der Waals surface area contributed by atoms with Crippen LogP contribution in [0.3, 0.4) is 0 Å². The highest BCUT2D eigenvalue weighted by atomic mass is 28.4. The average molecular weight is 933 g/mol. The topological polar surface area (TPSA) is 66.4 Å². The summed E-state index contributed by atoms with van der Waals surface area (Å²) in [6.07, 6.45) is -3.81. The molecule has 352 valence electrons. The molecule has 0 aliphatic heterocycles. The molecule has 0 bridgehead atoms. The van der Waals surface area contributed by atoms with Gasteiger partial charge < -0.3 is 28.5 Å². The van der Waals surface area contributed by atoms with Gasteiger partial charge in [-0.15, -0.1) is 0 Å². The third-order valence-corrected chi connectivity index (χ3v) is 17.8. The second-order valence-electron chi connectivity index (χ2n) is 18.5. The summed E-state index contributed by atoms with van der Waals surface area (Å²) in [5, 5.41) is 15.1. The zero-order valence-corrected chi connectivity index (χ0v) is 40.9. The number of rotatable bonds is 23. The van der Waals surface area contributed by atoms with Gasteiger partial charge >= 0.3 is 0 Å². The molecule has 4 atom stereocenters. The number of hydrogen-bond acceptors (Lipinski definition) is 6. The SMILES string of the molecule is CC(C)(C)[Si](OC[C@H](OCc1ccccc1)[C@@H](OCc1ccccc1)[C@H](OCc1ccccc1)[C@H](O)COC(c1ccccc1)(c1ccccc1)c1ccccc1)(c1ccccc1)c1ccccc1. The lowest BCUT2D eigenvalue weighted by atomic mass is 9.80. The Hall–Kier alpha value is -6.26. The number of aliphatic hydroxyl groups excluding tert-OH is 1. The number of benzene rings is 8. The summed E-state index contributed by atoms with van der Waals surface area (Å²) in [6.45, 7) is 7.55. The highest BCUT2D eigenvalue weighted by molar-refractivity contribution is 6.99. The van der Waals surface area contributed by atoms with E-state index in [1.807, 2.05) is 133 Å². The van der Waals surface area contributed by atoms with Crippen LogP contribution in [0.5, 0.6) is 0 Å². The molecule has 0 aromatic heterocycles. The van der Waals surface area contributed by atoms with Gasteiger partial charge in [0.2, 0.25) is 0 Å². The molecule has 8 rings (SSSR count).